The molecule has 0 N–H and O–H groups in total. The van der Waals surface area contributed by atoms with Gasteiger partial charge in [0.05, 0.1) is 0 Å². The lowest BCUT2D eigenvalue weighted by Gasteiger charge is -2.18. The van der Waals surface area contributed by atoms with E-state index in [1.54, 1.807) is 0 Å². The zero-order valence-corrected chi connectivity index (χ0v) is 15.0. The minimum absolute atomic E-state index is 0.372. The van der Waals surface area contributed by atoms with Gasteiger partial charge in [0.1, 0.15) is 0 Å². The van der Waals surface area contributed by atoms with Crippen LogP contribution in [0.15, 0.2) is 78.9 Å². The van der Waals surface area contributed by atoms with Gasteiger partial charge in [-0.15, -0.1) is 0 Å². The van der Waals surface area contributed by atoms with Crippen molar-refractivity contribution in [1.29, 1.82) is 0 Å². The molecule has 0 heterocycles. The molecule has 0 spiro atoms. The number of hydrogen-bond acceptors (Lipinski definition) is 0. The molecule has 0 fully saturated rings. The van der Waals surface area contributed by atoms with Gasteiger partial charge < -0.3 is 0 Å². The van der Waals surface area contributed by atoms with Crippen molar-refractivity contribution < 1.29 is 0 Å². The van der Waals surface area contributed by atoms with Crippen LogP contribution in [0, 0.1) is 0 Å². The average Bonchev–Trinajstić information content (AvgIpc) is 3.32. The quantitative estimate of drug-likeness (QED) is 0.508. The number of rotatable bonds is 3. The third-order valence-corrected chi connectivity index (χ3v) is 5.76. The van der Waals surface area contributed by atoms with Crippen LogP contribution in [0.25, 0.3) is 12.2 Å². The van der Waals surface area contributed by atoms with Gasteiger partial charge in [-0.2, -0.15) is 0 Å². The molecule has 0 aliphatic heterocycles. The molecule has 2 aliphatic rings. The molecule has 0 radical (unpaired) electrons. The highest BCUT2D eigenvalue weighted by Crippen LogP contribution is 2.40. The van der Waals surface area contributed by atoms with E-state index < -0.39 is 0 Å². The Labute approximate surface area is 155 Å². The zero-order chi connectivity index (χ0) is 17.5. The molecule has 5 rings (SSSR count). The van der Waals surface area contributed by atoms with Gasteiger partial charge in [0.15, 0.2) is 0 Å². The predicted octanol–water partition coefficient (Wildman–Crippen LogP) is 6.57. The van der Waals surface area contributed by atoms with E-state index in [9.17, 15) is 0 Å². The first kappa shape index (κ1) is 15.4. The summed E-state index contributed by atoms with van der Waals surface area (Å²) >= 11 is 0. The summed E-state index contributed by atoms with van der Waals surface area (Å²) in [6, 6.07) is 24.7. The fraction of sp³-hybridized carbons (Fsp3) is 0.154. The molecule has 0 saturated carbocycles. The number of hydrogen-bond donors (Lipinski definition) is 0. The topological polar surface area (TPSA) is 0 Å². The standard InChI is InChI=1S/C26H22/c1-2-18-15-21(25-13-11-19-7-3-5-9-23(19)25)17-22(16-18)26-14-12-20-8-4-6-10-24(20)26/h3-17,25-26H,2H2,1H3. The fourth-order valence-corrected chi connectivity index (χ4v) is 4.39. The van der Waals surface area contributed by atoms with Gasteiger partial charge in [-0.05, 0) is 45.4 Å². The first-order chi connectivity index (χ1) is 12.8. The van der Waals surface area contributed by atoms with E-state index in [1.165, 1.54) is 38.9 Å². The first-order valence-corrected chi connectivity index (χ1v) is 9.51. The molecule has 0 saturated heterocycles. The lowest BCUT2D eigenvalue weighted by Crippen LogP contribution is -2.02. The summed E-state index contributed by atoms with van der Waals surface area (Å²) < 4.78 is 0. The third kappa shape index (κ3) is 2.45. The van der Waals surface area contributed by atoms with Crippen molar-refractivity contribution >= 4 is 12.2 Å². The molecule has 26 heavy (non-hydrogen) atoms. The number of benzene rings is 3. The molecule has 126 valence electrons. The van der Waals surface area contributed by atoms with Crippen molar-refractivity contribution in [3.05, 3.63) is 118 Å². The Morgan fingerprint density at radius 2 is 1.15 bits per heavy atom. The Morgan fingerprint density at radius 1 is 0.654 bits per heavy atom. The van der Waals surface area contributed by atoms with Crippen molar-refractivity contribution in [3.8, 4) is 0 Å². The molecule has 3 aromatic carbocycles. The van der Waals surface area contributed by atoms with Crippen LogP contribution in [-0.2, 0) is 6.42 Å². The molecule has 0 aromatic heterocycles. The largest absolute Gasteiger partial charge is 0.0720 e. The van der Waals surface area contributed by atoms with E-state index in [0.29, 0.717) is 11.8 Å². The smallest absolute Gasteiger partial charge is 0.0278 e. The Morgan fingerprint density at radius 3 is 1.65 bits per heavy atom. The van der Waals surface area contributed by atoms with Crippen LogP contribution in [0.2, 0.25) is 0 Å². The summed E-state index contributed by atoms with van der Waals surface area (Å²) in [5.74, 6) is 0.745. The maximum Gasteiger partial charge on any atom is 0.0278 e. The second-order valence-corrected chi connectivity index (χ2v) is 7.29. The van der Waals surface area contributed by atoms with Crippen LogP contribution in [0.4, 0.5) is 0 Å². The molecule has 2 unspecified atom stereocenters. The highest BCUT2D eigenvalue weighted by atomic mass is 14.3. The van der Waals surface area contributed by atoms with Crippen LogP contribution in [0.3, 0.4) is 0 Å². The Balaban J connectivity index is 1.61. The van der Waals surface area contributed by atoms with E-state index in [2.05, 4.69) is 98.0 Å². The van der Waals surface area contributed by atoms with Gasteiger partial charge in [-0.25, -0.2) is 0 Å². The molecule has 2 atom stereocenters. The van der Waals surface area contributed by atoms with Crippen LogP contribution in [0.1, 0.15) is 57.7 Å². The van der Waals surface area contributed by atoms with Gasteiger partial charge in [0, 0.05) is 11.8 Å². The number of aryl methyl sites for hydroxylation is 1. The SMILES string of the molecule is CCc1cc(C2C=Cc3ccccc32)cc(C2C=Cc3ccccc32)c1. The maximum absolute atomic E-state index is 2.42. The van der Waals surface area contributed by atoms with Crippen LogP contribution in [0.5, 0.6) is 0 Å². The van der Waals surface area contributed by atoms with E-state index >= 15 is 0 Å². The number of allylic oxidation sites excluding steroid dienone is 2. The van der Waals surface area contributed by atoms with Crippen LogP contribution in [-0.4, -0.2) is 0 Å². The van der Waals surface area contributed by atoms with Crippen LogP contribution < -0.4 is 0 Å². The average molecular weight is 334 g/mol. The molecule has 0 nitrogen and oxygen atoms in total. The zero-order valence-electron chi connectivity index (χ0n) is 15.0. The molecule has 0 bridgehead atoms. The fourth-order valence-electron chi connectivity index (χ4n) is 4.39. The lowest BCUT2D eigenvalue weighted by molar-refractivity contribution is 0.982. The van der Waals surface area contributed by atoms with Gasteiger partial charge in [0.25, 0.3) is 0 Å². The van der Waals surface area contributed by atoms with Gasteiger partial charge >= 0.3 is 0 Å². The van der Waals surface area contributed by atoms with Crippen LogP contribution >= 0.6 is 0 Å². The maximum atomic E-state index is 2.42. The summed E-state index contributed by atoms with van der Waals surface area (Å²) in [5, 5.41) is 0. The minimum atomic E-state index is 0.372. The van der Waals surface area contributed by atoms with E-state index in [0.717, 1.165) is 6.42 Å². The molecule has 0 amide bonds. The minimum Gasteiger partial charge on any atom is -0.0720 e. The lowest BCUT2D eigenvalue weighted by atomic mass is 9.85. The second kappa shape index (κ2) is 6.14. The van der Waals surface area contributed by atoms with E-state index in [-0.39, 0.29) is 0 Å². The summed E-state index contributed by atoms with van der Waals surface area (Å²) in [6.07, 6.45) is 10.3. The first-order valence-electron chi connectivity index (χ1n) is 9.51. The summed E-state index contributed by atoms with van der Waals surface area (Å²) in [5.41, 5.74) is 9.81. The molecule has 3 aromatic rings. The van der Waals surface area contributed by atoms with E-state index in [1.807, 2.05) is 0 Å². The molecule has 2 aliphatic carbocycles. The van der Waals surface area contributed by atoms with Crippen molar-refractivity contribution in [2.45, 2.75) is 25.2 Å². The summed E-state index contributed by atoms with van der Waals surface area (Å²) in [6.45, 7) is 2.25. The molecular formula is C26H22. The Bertz CT molecular complexity index is 956. The second-order valence-electron chi connectivity index (χ2n) is 7.29. The third-order valence-electron chi connectivity index (χ3n) is 5.76. The Kier molecular flexibility index (Phi) is 3.64. The highest BCUT2D eigenvalue weighted by molar-refractivity contribution is 5.67. The molecular weight excluding hydrogens is 312 g/mol. The predicted molar refractivity (Wildman–Crippen MR) is 110 cm³/mol. The normalized spacial score (nSPS) is 19.6. The van der Waals surface area contributed by atoms with Crippen molar-refractivity contribution in [2.75, 3.05) is 0 Å². The summed E-state index contributed by atoms with van der Waals surface area (Å²) in [7, 11) is 0. The highest BCUT2D eigenvalue weighted by Gasteiger charge is 2.23. The van der Waals surface area contributed by atoms with Gasteiger partial charge in [-0.1, -0.05) is 98.0 Å². The van der Waals surface area contributed by atoms with E-state index in [4.69, 9.17) is 0 Å². The number of fused-ring (bicyclic) bond motifs is 2. The Hall–Kier alpha value is -2.86. The monoisotopic (exact) mass is 334 g/mol. The van der Waals surface area contributed by atoms with Crippen molar-refractivity contribution in [1.82, 2.24) is 0 Å². The van der Waals surface area contributed by atoms with Crippen molar-refractivity contribution in [2.24, 2.45) is 0 Å². The van der Waals surface area contributed by atoms with Gasteiger partial charge in [-0.3, -0.25) is 0 Å². The van der Waals surface area contributed by atoms with Gasteiger partial charge in [0.2, 0.25) is 0 Å². The van der Waals surface area contributed by atoms with Crippen molar-refractivity contribution in [3.63, 3.8) is 0 Å². The summed E-state index contributed by atoms with van der Waals surface area (Å²) in [4.78, 5) is 0. The molecule has 0 heteroatoms.